The van der Waals surface area contributed by atoms with E-state index in [2.05, 4.69) is 0 Å². The van der Waals surface area contributed by atoms with Crippen LogP contribution in [0.1, 0.15) is 19.3 Å². The zero-order chi connectivity index (χ0) is 14.1. The third-order valence-electron chi connectivity index (χ3n) is 7.00. The predicted octanol–water partition coefficient (Wildman–Crippen LogP) is -0.781. The Labute approximate surface area is 120 Å². The first-order chi connectivity index (χ1) is 10.1. The molecule has 7 fully saturated rings. The molecule has 1 saturated carbocycles. The second-order valence-electron chi connectivity index (χ2n) is 7.60. The highest BCUT2D eigenvalue weighted by Crippen LogP contribution is 2.70. The molecule has 6 heterocycles. The highest BCUT2D eigenvalue weighted by molar-refractivity contribution is 5.90. The highest BCUT2D eigenvalue weighted by Gasteiger charge is 2.82. The number of carbonyl (C=O) groups is 2. The molecular formula is C15H16O6. The summed E-state index contributed by atoms with van der Waals surface area (Å²) in [5.41, 5.74) is -1.29. The van der Waals surface area contributed by atoms with E-state index in [-0.39, 0.29) is 35.6 Å². The normalized spacial score (nSPS) is 66.0. The van der Waals surface area contributed by atoms with Gasteiger partial charge in [0.2, 0.25) is 0 Å². The van der Waals surface area contributed by atoms with Crippen molar-refractivity contribution in [1.82, 2.24) is 0 Å². The van der Waals surface area contributed by atoms with Crippen LogP contribution in [0.3, 0.4) is 0 Å². The minimum atomic E-state index is -0.886. The van der Waals surface area contributed by atoms with Gasteiger partial charge in [-0.2, -0.15) is 0 Å². The Morgan fingerprint density at radius 2 is 1.67 bits per heavy atom. The molecule has 0 aromatic rings. The lowest BCUT2D eigenvalue weighted by molar-refractivity contribution is -0.291. The highest BCUT2D eigenvalue weighted by atomic mass is 16.6. The van der Waals surface area contributed by atoms with Crippen LogP contribution in [0, 0.1) is 17.3 Å². The molecule has 0 radical (unpaired) electrons. The average molecular weight is 292 g/mol. The number of hydrogen-bond acceptors (Lipinski definition) is 6. The van der Waals surface area contributed by atoms with Crippen LogP contribution < -0.4 is 0 Å². The third-order valence-corrected chi connectivity index (χ3v) is 7.00. The largest absolute Gasteiger partial charge is 0.390 e. The molecule has 6 saturated heterocycles. The van der Waals surface area contributed by atoms with Crippen LogP contribution in [0.25, 0.3) is 0 Å². The summed E-state index contributed by atoms with van der Waals surface area (Å²) in [5.74, 6) is 0.354. The Kier molecular flexibility index (Phi) is 1.73. The lowest BCUT2D eigenvalue weighted by Crippen LogP contribution is -2.76. The molecule has 112 valence electrons. The van der Waals surface area contributed by atoms with Gasteiger partial charge in [0, 0.05) is 30.1 Å². The molecule has 2 spiro atoms. The molecule has 6 nitrogen and oxygen atoms in total. The number of ether oxygens (including phenoxy) is 3. The van der Waals surface area contributed by atoms with Crippen LogP contribution in [0.4, 0.5) is 0 Å². The summed E-state index contributed by atoms with van der Waals surface area (Å²) in [6.45, 7) is 0.401. The lowest BCUT2D eigenvalue weighted by Gasteiger charge is -2.63. The molecular weight excluding hydrogens is 276 g/mol. The Morgan fingerprint density at radius 3 is 2.43 bits per heavy atom. The van der Waals surface area contributed by atoms with Gasteiger partial charge < -0.3 is 19.3 Å². The smallest absolute Gasteiger partial charge is 0.167 e. The van der Waals surface area contributed by atoms with Gasteiger partial charge in [0.05, 0.1) is 24.9 Å². The number of hydrogen-bond donors (Lipinski definition) is 1. The molecule has 7 aliphatic rings. The lowest BCUT2D eigenvalue weighted by atomic mass is 9.46. The van der Waals surface area contributed by atoms with Gasteiger partial charge in [0.15, 0.2) is 11.6 Å². The van der Waals surface area contributed by atoms with Crippen LogP contribution in [-0.2, 0) is 23.8 Å². The van der Waals surface area contributed by atoms with E-state index in [0.717, 1.165) is 0 Å². The van der Waals surface area contributed by atoms with Crippen molar-refractivity contribution in [1.29, 1.82) is 0 Å². The maximum atomic E-state index is 12.1. The SMILES string of the molecule is O=C1C[C@H]2O[C@@H]1[C@@]13CO[C@@]4([C@H]([C@H]21)[C@H]1CC(=O)[C@@H]4O1)[C@@H](O)C3. The maximum Gasteiger partial charge on any atom is 0.167 e. The topological polar surface area (TPSA) is 82.1 Å². The molecule has 6 aliphatic heterocycles. The first kappa shape index (κ1) is 11.7. The Balaban J connectivity index is 1.56. The van der Waals surface area contributed by atoms with E-state index in [0.29, 0.717) is 25.9 Å². The zero-order valence-electron chi connectivity index (χ0n) is 11.4. The fourth-order valence-electron chi connectivity index (χ4n) is 6.47. The van der Waals surface area contributed by atoms with Crippen LogP contribution in [-0.4, -0.2) is 59.4 Å². The summed E-state index contributed by atoms with van der Waals surface area (Å²) in [6, 6.07) is 0. The zero-order valence-corrected chi connectivity index (χ0v) is 11.4. The minimum absolute atomic E-state index is 0.0131. The molecule has 7 rings (SSSR count). The molecule has 1 N–H and O–H groups in total. The van der Waals surface area contributed by atoms with Gasteiger partial charge in [-0.05, 0) is 6.42 Å². The second-order valence-corrected chi connectivity index (χ2v) is 7.60. The van der Waals surface area contributed by atoms with Crippen molar-refractivity contribution in [2.75, 3.05) is 6.61 Å². The van der Waals surface area contributed by atoms with E-state index in [4.69, 9.17) is 14.2 Å². The molecule has 9 atom stereocenters. The summed E-state index contributed by atoms with van der Waals surface area (Å²) >= 11 is 0. The average Bonchev–Trinajstić information content (AvgIpc) is 3.15. The van der Waals surface area contributed by atoms with Crippen LogP contribution in [0.5, 0.6) is 0 Å². The first-order valence-electron chi connectivity index (χ1n) is 7.76. The predicted molar refractivity (Wildman–Crippen MR) is 65.3 cm³/mol. The molecule has 6 bridgehead atoms. The number of ketones is 2. The van der Waals surface area contributed by atoms with Crippen molar-refractivity contribution in [3.63, 3.8) is 0 Å². The fourth-order valence-corrected chi connectivity index (χ4v) is 6.47. The molecule has 1 aliphatic carbocycles. The van der Waals surface area contributed by atoms with Gasteiger partial charge >= 0.3 is 0 Å². The number of aliphatic hydroxyl groups excluding tert-OH is 1. The molecule has 0 unspecified atom stereocenters. The third kappa shape index (κ3) is 0.950. The van der Waals surface area contributed by atoms with Crippen molar-refractivity contribution >= 4 is 11.6 Å². The summed E-state index contributed by atoms with van der Waals surface area (Å²) in [6.07, 6.45) is -0.716. The Bertz CT molecular complexity index is 603. The Morgan fingerprint density at radius 1 is 1.00 bits per heavy atom. The van der Waals surface area contributed by atoms with Crippen molar-refractivity contribution in [3.05, 3.63) is 0 Å². The number of aliphatic hydroxyl groups is 1. The molecule has 21 heavy (non-hydrogen) atoms. The van der Waals surface area contributed by atoms with Gasteiger partial charge in [-0.3, -0.25) is 9.59 Å². The van der Waals surface area contributed by atoms with Gasteiger partial charge in [-0.25, -0.2) is 0 Å². The first-order valence-corrected chi connectivity index (χ1v) is 7.76. The van der Waals surface area contributed by atoms with Gasteiger partial charge in [0.1, 0.15) is 17.8 Å². The molecule has 0 amide bonds. The summed E-state index contributed by atoms with van der Waals surface area (Å²) < 4.78 is 17.9. The fraction of sp³-hybridized carbons (Fsp3) is 0.867. The molecule has 6 heteroatoms. The summed E-state index contributed by atoms with van der Waals surface area (Å²) in [7, 11) is 0. The van der Waals surface area contributed by atoms with Gasteiger partial charge in [-0.15, -0.1) is 0 Å². The number of Topliss-reactive ketones (excluding diaryl/α,β-unsaturated/α-hetero) is 2. The van der Waals surface area contributed by atoms with Crippen LogP contribution in [0.2, 0.25) is 0 Å². The van der Waals surface area contributed by atoms with Gasteiger partial charge in [-0.1, -0.05) is 0 Å². The van der Waals surface area contributed by atoms with Crippen LogP contribution in [0.15, 0.2) is 0 Å². The van der Waals surface area contributed by atoms with Gasteiger partial charge in [0.25, 0.3) is 0 Å². The monoisotopic (exact) mass is 292 g/mol. The molecule has 0 aromatic carbocycles. The van der Waals surface area contributed by atoms with E-state index in [1.165, 1.54) is 0 Å². The van der Waals surface area contributed by atoms with Crippen molar-refractivity contribution in [2.24, 2.45) is 17.3 Å². The quantitative estimate of drug-likeness (QED) is 0.631. The number of rotatable bonds is 0. The van der Waals surface area contributed by atoms with Crippen molar-refractivity contribution < 1.29 is 28.9 Å². The van der Waals surface area contributed by atoms with E-state index in [1.807, 2.05) is 0 Å². The van der Waals surface area contributed by atoms with Crippen molar-refractivity contribution in [3.8, 4) is 0 Å². The number of carbonyl (C=O) groups excluding carboxylic acids is 2. The van der Waals surface area contributed by atoms with E-state index in [1.54, 1.807) is 0 Å². The number of fused-ring (bicyclic) bond motifs is 6. The Hall–Kier alpha value is -0.820. The second kappa shape index (κ2) is 3.11. The standard InChI is InChI=1S/C15H16O6/c16-5-1-7-10-11-8-2-6(17)13(21-8)15(11)9(18)3-14(10,4-19-15)12(5)20-7/h7-13,18H,1-4H2/t7-,8-,9+,10+,11+,12+,13+,14+,15-/m1/s1. The van der Waals surface area contributed by atoms with Crippen LogP contribution >= 0.6 is 0 Å². The maximum absolute atomic E-state index is 12.1. The summed E-state index contributed by atoms with van der Waals surface area (Å²) in [5, 5.41) is 10.7. The van der Waals surface area contributed by atoms with E-state index < -0.39 is 29.3 Å². The van der Waals surface area contributed by atoms with E-state index in [9.17, 15) is 14.7 Å². The van der Waals surface area contributed by atoms with Crippen molar-refractivity contribution in [2.45, 2.75) is 55.4 Å². The molecule has 0 aromatic heterocycles. The summed E-state index contributed by atoms with van der Waals surface area (Å²) in [4.78, 5) is 24.3. The van der Waals surface area contributed by atoms with E-state index >= 15 is 0 Å². The minimum Gasteiger partial charge on any atom is -0.390 e.